The van der Waals surface area contributed by atoms with Crippen molar-refractivity contribution in [3.05, 3.63) is 82.9 Å². The summed E-state index contributed by atoms with van der Waals surface area (Å²) in [5.74, 6) is -2.39. The standard InChI is InChI=1S/C35H42F4N6O5/c1-22(19-41-29(46)17-23-9-4-5-12-27(23)36)44-34(33(49)42-20-30(47)40-15-6-7-16-50-31(48)21-45(2)3)14-13-28-25(18-34)24-10-8-11-26(32(24)43-28)35(37,38)39/h4-5,8-12,43-44H,1,6-7,13-21H2,2-3H3,(H,40,47)(H,41,46)(H,42,49)/t34-/m1/s1. The van der Waals surface area contributed by atoms with Crippen LogP contribution < -0.4 is 21.3 Å². The number of para-hydroxylation sites is 1. The van der Waals surface area contributed by atoms with Crippen LogP contribution in [0.1, 0.15) is 41.6 Å². The molecule has 1 aromatic heterocycles. The van der Waals surface area contributed by atoms with Crippen LogP contribution in [0.5, 0.6) is 0 Å². The van der Waals surface area contributed by atoms with E-state index in [1.165, 1.54) is 24.3 Å². The minimum atomic E-state index is -4.60. The quantitative estimate of drug-likeness (QED) is 0.0877. The van der Waals surface area contributed by atoms with Gasteiger partial charge in [-0.25, -0.2) is 4.39 Å². The van der Waals surface area contributed by atoms with Crippen LogP contribution >= 0.6 is 0 Å². The molecule has 5 N–H and O–H groups in total. The van der Waals surface area contributed by atoms with Gasteiger partial charge >= 0.3 is 12.1 Å². The molecular weight excluding hydrogens is 660 g/mol. The second-order valence-electron chi connectivity index (χ2n) is 12.5. The molecule has 0 aliphatic heterocycles. The number of H-pyrrole nitrogens is 1. The molecule has 11 nitrogen and oxygen atoms in total. The number of nitrogens with zero attached hydrogens (tertiary/aromatic N) is 1. The highest BCUT2D eigenvalue weighted by Crippen LogP contribution is 2.40. The Morgan fingerprint density at radius 2 is 1.74 bits per heavy atom. The summed E-state index contributed by atoms with van der Waals surface area (Å²) in [7, 11) is 3.50. The third kappa shape index (κ3) is 10.1. The molecule has 0 fully saturated rings. The van der Waals surface area contributed by atoms with Gasteiger partial charge in [-0.3, -0.25) is 24.1 Å². The van der Waals surface area contributed by atoms with Crippen molar-refractivity contribution in [1.82, 2.24) is 31.2 Å². The van der Waals surface area contributed by atoms with Crippen molar-refractivity contribution in [2.24, 2.45) is 0 Å². The number of esters is 1. The van der Waals surface area contributed by atoms with Crippen LogP contribution in [0, 0.1) is 5.82 Å². The van der Waals surface area contributed by atoms with Gasteiger partial charge in [0.05, 0.1) is 43.7 Å². The summed E-state index contributed by atoms with van der Waals surface area (Å²) in [4.78, 5) is 55.2. The number of fused-ring (bicyclic) bond motifs is 3. The maximum Gasteiger partial charge on any atom is 0.418 e. The molecule has 3 amide bonds. The Bertz CT molecular complexity index is 1720. The van der Waals surface area contributed by atoms with Crippen molar-refractivity contribution < 1.29 is 41.5 Å². The number of aromatic amines is 1. The lowest BCUT2D eigenvalue weighted by atomic mass is 9.78. The normalized spacial score (nSPS) is 15.7. The van der Waals surface area contributed by atoms with E-state index in [9.17, 15) is 36.7 Å². The summed E-state index contributed by atoms with van der Waals surface area (Å²) < 4.78 is 60.6. The highest BCUT2D eigenvalue weighted by atomic mass is 19.4. The average Bonchev–Trinajstić information content (AvgIpc) is 3.42. The van der Waals surface area contributed by atoms with E-state index >= 15 is 0 Å². The van der Waals surface area contributed by atoms with Gasteiger partial charge in [-0.15, -0.1) is 0 Å². The molecule has 2 aromatic carbocycles. The van der Waals surface area contributed by atoms with Gasteiger partial charge in [0.1, 0.15) is 11.4 Å². The summed E-state index contributed by atoms with van der Waals surface area (Å²) in [5, 5.41) is 11.4. The van der Waals surface area contributed by atoms with Gasteiger partial charge in [-0.1, -0.05) is 36.9 Å². The average molecular weight is 703 g/mol. The molecule has 0 bridgehead atoms. The first kappa shape index (κ1) is 37.9. The monoisotopic (exact) mass is 702 g/mol. The van der Waals surface area contributed by atoms with Crippen molar-refractivity contribution in [1.29, 1.82) is 0 Å². The Labute approximate surface area is 287 Å². The molecule has 0 unspecified atom stereocenters. The van der Waals surface area contributed by atoms with E-state index in [1.54, 1.807) is 31.1 Å². The predicted octanol–water partition coefficient (Wildman–Crippen LogP) is 3.13. The number of rotatable bonds is 16. The third-order valence-corrected chi connectivity index (χ3v) is 8.29. The molecule has 270 valence electrons. The number of amides is 3. The second kappa shape index (κ2) is 16.7. The molecule has 1 heterocycles. The minimum absolute atomic E-state index is 0.0359. The number of carbonyl (C=O) groups is 4. The van der Waals surface area contributed by atoms with E-state index in [-0.39, 0.29) is 81.2 Å². The fourth-order valence-electron chi connectivity index (χ4n) is 5.87. The molecule has 4 rings (SSSR count). The van der Waals surface area contributed by atoms with Crippen LogP contribution in [0.25, 0.3) is 10.9 Å². The van der Waals surface area contributed by atoms with Gasteiger partial charge in [0.25, 0.3) is 0 Å². The molecule has 1 aliphatic carbocycles. The Morgan fingerprint density at radius 1 is 0.980 bits per heavy atom. The number of benzene rings is 2. The van der Waals surface area contributed by atoms with Gasteiger partial charge in [0, 0.05) is 29.7 Å². The minimum Gasteiger partial charge on any atom is -0.465 e. The number of hydrogen-bond donors (Lipinski definition) is 5. The molecule has 0 radical (unpaired) electrons. The Kier molecular flexibility index (Phi) is 12.6. The molecule has 0 saturated carbocycles. The van der Waals surface area contributed by atoms with Crippen molar-refractivity contribution >= 4 is 34.6 Å². The number of hydrogen-bond acceptors (Lipinski definition) is 7. The van der Waals surface area contributed by atoms with Gasteiger partial charge < -0.3 is 31.0 Å². The van der Waals surface area contributed by atoms with E-state index in [0.717, 1.165) is 6.07 Å². The maximum absolute atomic E-state index is 14.0. The number of likely N-dealkylation sites (N-methyl/N-ethyl adjacent to an activating group) is 1. The number of carbonyl (C=O) groups excluding carboxylic acids is 4. The van der Waals surface area contributed by atoms with Gasteiger partial charge in [-0.05, 0) is 63.0 Å². The summed E-state index contributed by atoms with van der Waals surface area (Å²) in [5.41, 5.74) is -0.802. The second-order valence-corrected chi connectivity index (χ2v) is 12.5. The fraction of sp³-hybridized carbons (Fsp3) is 0.429. The van der Waals surface area contributed by atoms with E-state index in [1.807, 2.05) is 0 Å². The van der Waals surface area contributed by atoms with Gasteiger partial charge in [-0.2, -0.15) is 13.2 Å². The number of ether oxygens (including phenoxy) is 1. The molecule has 3 aromatic rings. The Balaban J connectivity index is 1.41. The van der Waals surface area contributed by atoms with Crippen LogP contribution in [0.4, 0.5) is 17.6 Å². The van der Waals surface area contributed by atoms with Crippen molar-refractivity contribution in [3.63, 3.8) is 0 Å². The molecular formula is C35H42F4N6O5. The molecule has 50 heavy (non-hydrogen) atoms. The highest BCUT2D eigenvalue weighted by molar-refractivity contribution is 5.94. The van der Waals surface area contributed by atoms with E-state index in [2.05, 4.69) is 32.8 Å². The lowest BCUT2D eigenvalue weighted by Crippen LogP contribution is -2.61. The first-order chi connectivity index (χ1) is 23.7. The zero-order valence-corrected chi connectivity index (χ0v) is 28.0. The number of nitrogens with one attached hydrogen (secondary N) is 5. The zero-order valence-electron chi connectivity index (χ0n) is 28.0. The van der Waals surface area contributed by atoms with Crippen LogP contribution in [-0.2, 0) is 49.4 Å². The summed E-state index contributed by atoms with van der Waals surface area (Å²) in [6.45, 7) is 4.13. The smallest absolute Gasteiger partial charge is 0.418 e. The van der Waals surface area contributed by atoms with Crippen LogP contribution in [0.3, 0.4) is 0 Å². The maximum atomic E-state index is 14.0. The lowest BCUT2D eigenvalue weighted by Gasteiger charge is -2.38. The first-order valence-electron chi connectivity index (χ1n) is 16.2. The van der Waals surface area contributed by atoms with Crippen molar-refractivity contribution in [2.45, 2.75) is 50.2 Å². The number of aromatic nitrogens is 1. The van der Waals surface area contributed by atoms with E-state index in [4.69, 9.17) is 4.74 Å². The Hall–Kier alpha value is -4.92. The van der Waals surface area contributed by atoms with E-state index < -0.39 is 40.8 Å². The molecule has 0 saturated heterocycles. The molecule has 0 spiro atoms. The topological polar surface area (TPSA) is 145 Å². The third-order valence-electron chi connectivity index (χ3n) is 8.29. The van der Waals surface area contributed by atoms with E-state index in [0.29, 0.717) is 29.5 Å². The predicted molar refractivity (Wildman–Crippen MR) is 178 cm³/mol. The highest BCUT2D eigenvalue weighted by Gasteiger charge is 2.44. The zero-order chi connectivity index (χ0) is 36.5. The summed E-state index contributed by atoms with van der Waals surface area (Å²) in [6, 6.07) is 9.73. The number of halogens is 4. The first-order valence-corrected chi connectivity index (χ1v) is 16.2. The van der Waals surface area contributed by atoms with Gasteiger partial charge in [0.15, 0.2) is 0 Å². The summed E-state index contributed by atoms with van der Waals surface area (Å²) >= 11 is 0. The van der Waals surface area contributed by atoms with Crippen molar-refractivity contribution in [2.75, 3.05) is 46.9 Å². The number of alkyl halides is 3. The summed E-state index contributed by atoms with van der Waals surface area (Å²) in [6.07, 6.45) is -3.45. The van der Waals surface area contributed by atoms with Crippen LogP contribution in [0.15, 0.2) is 54.7 Å². The number of unbranched alkanes of at least 4 members (excludes halogenated alkanes) is 1. The van der Waals surface area contributed by atoms with Crippen molar-refractivity contribution in [3.8, 4) is 0 Å². The van der Waals surface area contributed by atoms with Gasteiger partial charge in [0.2, 0.25) is 17.7 Å². The molecule has 1 aliphatic rings. The molecule has 15 heteroatoms. The largest absolute Gasteiger partial charge is 0.465 e. The van der Waals surface area contributed by atoms with Crippen LogP contribution in [0.2, 0.25) is 0 Å². The number of aryl methyl sites for hydroxylation is 1. The lowest BCUT2D eigenvalue weighted by molar-refractivity contribution is -0.144. The Morgan fingerprint density at radius 3 is 2.46 bits per heavy atom. The SMILES string of the molecule is C=C(CNC(=O)Cc1ccccc1F)N[C@]1(C(=O)NCC(=O)NCCCCOC(=O)CN(C)C)CCc2[nH]c3c(C(F)(F)F)cccc3c2C1. The molecule has 1 atom stereocenters. The fourth-order valence-corrected chi connectivity index (χ4v) is 5.87. The van der Waals surface area contributed by atoms with Crippen LogP contribution in [-0.4, -0.2) is 86.0 Å².